The van der Waals surface area contributed by atoms with Crippen LogP contribution in [-0.4, -0.2) is 45.4 Å². The van der Waals surface area contributed by atoms with Gasteiger partial charge in [0.15, 0.2) is 0 Å². The van der Waals surface area contributed by atoms with Crippen molar-refractivity contribution in [2.75, 3.05) is 27.4 Å². The third-order valence-electron chi connectivity index (χ3n) is 2.27. The van der Waals surface area contributed by atoms with Crippen molar-refractivity contribution in [1.82, 2.24) is 5.32 Å². The van der Waals surface area contributed by atoms with E-state index in [0.29, 0.717) is 12.5 Å². The summed E-state index contributed by atoms with van der Waals surface area (Å²) in [6.07, 6.45) is -0.580. The molecule has 2 atom stereocenters. The first-order chi connectivity index (χ1) is 7.06. The molecule has 0 fully saturated rings. The van der Waals surface area contributed by atoms with Crippen molar-refractivity contribution in [2.45, 2.75) is 26.0 Å². The fourth-order valence-corrected chi connectivity index (χ4v) is 1.17. The molecule has 0 aliphatic carbocycles. The summed E-state index contributed by atoms with van der Waals surface area (Å²) in [6.45, 7) is 4.72. The smallest absolute Gasteiger partial charge is 0.250 e. The molecule has 0 heterocycles. The molecule has 90 valence electrons. The van der Waals surface area contributed by atoms with Crippen LogP contribution in [0.5, 0.6) is 0 Å². The van der Waals surface area contributed by atoms with E-state index in [1.165, 1.54) is 7.11 Å². The molecule has 0 bridgehead atoms. The van der Waals surface area contributed by atoms with Crippen molar-refractivity contribution in [3.63, 3.8) is 0 Å². The van der Waals surface area contributed by atoms with Gasteiger partial charge >= 0.3 is 0 Å². The van der Waals surface area contributed by atoms with Gasteiger partial charge in [-0.15, -0.1) is 0 Å². The Kier molecular flexibility index (Phi) is 7.29. The third-order valence-corrected chi connectivity index (χ3v) is 2.27. The van der Waals surface area contributed by atoms with Gasteiger partial charge in [0, 0.05) is 20.8 Å². The van der Waals surface area contributed by atoms with Gasteiger partial charge in [0.05, 0.1) is 12.6 Å². The van der Waals surface area contributed by atoms with Crippen LogP contribution >= 0.6 is 0 Å². The molecule has 0 aromatic carbocycles. The number of methoxy groups -OCH3 is 2. The minimum absolute atomic E-state index is 0.00769. The van der Waals surface area contributed by atoms with Crippen molar-refractivity contribution >= 4 is 5.91 Å². The monoisotopic (exact) mass is 218 g/mol. The lowest BCUT2D eigenvalue weighted by Gasteiger charge is -2.23. The Bertz CT molecular complexity index is 182. The lowest BCUT2D eigenvalue weighted by atomic mass is 10.1. The Balaban J connectivity index is 4.20. The van der Waals surface area contributed by atoms with Crippen LogP contribution in [-0.2, 0) is 14.3 Å². The van der Waals surface area contributed by atoms with E-state index in [0.717, 1.165) is 0 Å². The second-order valence-electron chi connectivity index (χ2n) is 3.77. The number of hydrogen-bond acceptors (Lipinski definition) is 4. The zero-order valence-electron chi connectivity index (χ0n) is 9.95. The van der Waals surface area contributed by atoms with Crippen LogP contribution in [0.2, 0.25) is 0 Å². The average Bonchev–Trinajstić information content (AvgIpc) is 2.18. The molecule has 3 N–H and O–H groups in total. The summed E-state index contributed by atoms with van der Waals surface area (Å²) in [5.74, 6) is 0.125. The van der Waals surface area contributed by atoms with E-state index >= 15 is 0 Å². The number of nitrogens with one attached hydrogen (secondary N) is 1. The van der Waals surface area contributed by atoms with Crippen molar-refractivity contribution in [3.05, 3.63) is 0 Å². The Morgan fingerprint density at radius 1 is 1.40 bits per heavy atom. The molecule has 1 amide bonds. The van der Waals surface area contributed by atoms with Crippen LogP contribution in [0.1, 0.15) is 13.8 Å². The Hall–Kier alpha value is -0.650. The number of carbonyl (C=O) groups excluding carboxylic acids is 1. The molecule has 0 radical (unpaired) electrons. The molecular formula is C10H22N2O3. The highest BCUT2D eigenvalue weighted by atomic mass is 16.5. The summed E-state index contributed by atoms with van der Waals surface area (Å²) in [5, 5.41) is 2.85. The largest absolute Gasteiger partial charge is 0.383 e. The number of rotatable bonds is 7. The van der Waals surface area contributed by atoms with Gasteiger partial charge in [-0.1, -0.05) is 13.8 Å². The molecule has 0 saturated heterocycles. The number of carbonyl (C=O) groups is 1. The zero-order chi connectivity index (χ0) is 11.8. The molecule has 2 unspecified atom stereocenters. The van der Waals surface area contributed by atoms with Crippen molar-refractivity contribution in [2.24, 2.45) is 11.7 Å². The summed E-state index contributed by atoms with van der Waals surface area (Å²) in [6, 6.07) is -0.00769. The standard InChI is InChI=1S/C10H22N2O3/c1-7(2)8(6-14-3)12-10(13)9(5-11)15-4/h7-9H,5-6,11H2,1-4H3,(H,12,13). The van der Waals surface area contributed by atoms with Crippen LogP contribution in [0, 0.1) is 5.92 Å². The molecule has 5 nitrogen and oxygen atoms in total. The Labute approximate surface area is 91.3 Å². The van der Waals surface area contributed by atoms with E-state index < -0.39 is 6.10 Å². The molecule has 5 heteroatoms. The highest BCUT2D eigenvalue weighted by molar-refractivity contribution is 5.81. The molecule has 0 rings (SSSR count). The summed E-state index contributed by atoms with van der Waals surface area (Å²) in [7, 11) is 3.08. The molecule has 15 heavy (non-hydrogen) atoms. The predicted octanol–water partition coefficient (Wildman–Crippen LogP) is -0.253. The number of ether oxygens (including phenoxy) is 2. The van der Waals surface area contributed by atoms with Crippen LogP contribution < -0.4 is 11.1 Å². The molecular weight excluding hydrogens is 196 g/mol. The van der Waals surface area contributed by atoms with E-state index in [1.54, 1.807) is 7.11 Å². The van der Waals surface area contributed by atoms with E-state index in [-0.39, 0.29) is 18.5 Å². The molecule has 0 aliphatic rings. The Morgan fingerprint density at radius 3 is 2.33 bits per heavy atom. The van der Waals surface area contributed by atoms with Crippen molar-refractivity contribution in [1.29, 1.82) is 0 Å². The maximum atomic E-state index is 11.6. The number of hydrogen-bond donors (Lipinski definition) is 2. The lowest BCUT2D eigenvalue weighted by Crippen LogP contribution is -2.48. The maximum absolute atomic E-state index is 11.6. The highest BCUT2D eigenvalue weighted by Gasteiger charge is 2.21. The SMILES string of the molecule is COCC(NC(=O)C(CN)OC)C(C)C. The Morgan fingerprint density at radius 2 is 2.00 bits per heavy atom. The third kappa shape index (κ3) is 5.11. The van der Waals surface area contributed by atoms with E-state index in [4.69, 9.17) is 15.2 Å². The van der Waals surface area contributed by atoms with Gasteiger partial charge in [-0.25, -0.2) is 0 Å². The fraction of sp³-hybridized carbons (Fsp3) is 0.900. The first-order valence-electron chi connectivity index (χ1n) is 5.09. The molecule has 0 spiro atoms. The van der Waals surface area contributed by atoms with Crippen LogP contribution in [0.15, 0.2) is 0 Å². The van der Waals surface area contributed by atoms with Crippen molar-refractivity contribution in [3.8, 4) is 0 Å². The van der Waals surface area contributed by atoms with Crippen LogP contribution in [0.25, 0.3) is 0 Å². The van der Waals surface area contributed by atoms with E-state index in [9.17, 15) is 4.79 Å². The quantitative estimate of drug-likeness (QED) is 0.618. The van der Waals surface area contributed by atoms with Gasteiger partial charge in [-0.05, 0) is 5.92 Å². The van der Waals surface area contributed by atoms with Gasteiger partial charge in [-0.2, -0.15) is 0 Å². The highest BCUT2D eigenvalue weighted by Crippen LogP contribution is 2.02. The van der Waals surface area contributed by atoms with Gasteiger partial charge < -0.3 is 20.5 Å². The number of nitrogens with two attached hydrogens (primary N) is 1. The second-order valence-corrected chi connectivity index (χ2v) is 3.77. The first kappa shape index (κ1) is 14.3. The van der Waals surface area contributed by atoms with Crippen LogP contribution in [0.4, 0.5) is 0 Å². The average molecular weight is 218 g/mol. The summed E-state index contributed by atoms with van der Waals surface area (Å²) < 4.78 is 9.97. The first-order valence-corrected chi connectivity index (χ1v) is 5.09. The molecule has 0 aliphatic heterocycles. The van der Waals surface area contributed by atoms with Gasteiger partial charge in [0.2, 0.25) is 0 Å². The molecule has 0 aromatic heterocycles. The zero-order valence-corrected chi connectivity index (χ0v) is 9.95. The summed E-state index contributed by atoms with van der Waals surface area (Å²) in [5.41, 5.74) is 5.39. The van der Waals surface area contributed by atoms with Crippen molar-refractivity contribution < 1.29 is 14.3 Å². The van der Waals surface area contributed by atoms with Gasteiger partial charge in [0.1, 0.15) is 6.10 Å². The topological polar surface area (TPSA) is 73.6 Å². The minimum atomic E-state index is -0.580. The number of amides is 1. The van der Waals surface area contributed by atoms with E-state index in [1.807, 2.05) is 13.8 Å². The molecule has 0 saturated carbocycles. The van der Waals surface area contributed by atoms with Gasteiger partial charge in [-0.3, -0.25) is 4.79 Å². The predicted molar refractivity (Wildman–Crippen MR) is 58.5 cm³/mol. The van der Waals surface area contributed by atoms with Crippen LogP contribution in [0.3, 0.4) is 0 Å². The fourth-order valence-electron chi connectivity index (χ4n) is 1.17. The maximum Gasteiger partial charge on any atom is 0.250 e. The molecule has 0 aromatic rings. The summed E-state index contributed by atoms with van der Waals surface area (Å²) in [4.78, 5) is 11.6. The minimum Gasteiger partial charge on any atom is -0.383 e. The lowest BCUT2D eigenvalue weighted by molar-refractivity contribution is -0.132. The van der Waals surface area contributed by atoms with Gasteiger partial charge in [0.25, 0.3) is 5.91 Å². The van der Waals surface area contributed by atoms with E-state index in [2.05, 4.69) is 5.32 Å². The second kappa shape index (κ2) is 7.62. The summed E-state index contributed by atoms with van der Waals surface area (Å²) >= 11 is 0. The normalized spacial score (nSPS) is 15.1.